The first-order chi connectivity index (χ1) is 11.2. The fourth-order valence-electron chi connectivity index (χ4n) is 3.63. The third kappa shape index (κ3) is 1.97. The van der Waals surface area contributed by atoms with Gasteiger partial charge in [-0.2, -0.15) is 5.26 Å². The molecule has 0 saturated heterocycles. The molecule has 1 heterocycles. The molecule has 112 valence electrons. The lowest BCUT2D eigenvalue weighted by Gasteiger charge is -2.31. The molecule has 2 aromatic carbocycles. The zero-order valence-corrected chi connectivity index (χ0v) is 12.5. The van der Waals surface area contributed by atoms with Gasteiger partial charge in [0.15, 0.2) is 0 Å². The number of imide groups is 1. The monoisotopic (exact) mass is 302 g/mol. The van der Waals surface area contributed by atoms with Gasteiger partial charge in [0, 0.05) is 6.04 Å². The number of rotatable bonds is 1. The van der Waals surface area contributed by atoms with E-state index in [2.05, 4.69) is 6.07 Å². The van der Waals surface area contributed by atoms with Crippen LogP contribution >= 0.6 is 0 Å². The van der Waals surface area contributed by atoms with Crippen LogP contribution in [-0.2, 0) is 12.8 Å². The van der Waals surface area contributed by atoms with Crippen LogP contribution in [0.5, 0.6) is 0 Å². The molecule has 0 saturated carbocycles. The van der Waals surface area contributed by atoms with E-state index in [1.165, 1.54) is 4.90 Å². The van der Waals surface area contributed by atoms with Crippen molar-refractivity contribution >= 4 is 11.8 Å². The predicted octanol–water partition coefficient (Wildman–Crippen LogP) is 2.71. The number of carbonyl (C=O) groups excluding carboxylic acids is 2. The first kappa shape index (κ1) is 13.7. The molecular weight excluding hydrogens is 288 g/mol. The van der Waals surface area contributed by atoms with Crippen LogP contribution in [0.15, 0.2) is 42.5 Å². The average molecular weight is 302 g/mol. The highest BCUT2D eigenvalue weighted by molar-refractivity contribution is 6.21. The van der Waals surface area contributed by atoms with Crippen molar-refractivity contribution in [3.05, 3.63) is 70.3 Å². The molecule has 4 nitrogen and oxygen atoms in total. The van der Waals surface area contributed by atoms with E-state index in [1.54, 1.807) is 30.3 Å². The first-order valence-electron chi connectivity index (χ1n) is 7.68. The van der Waals surface area contributed by atoms with E-state index < -0.39 is 0 Å². The summed E-state index contributed by atoms with van der Waals surface area (Å²) in [6, 6.07) is 14.7. The number of carbonyl (C=O) groups is 2. The minimum Gasteiger partial charge on any atom is -0.271 e. The van der Waals surface area contributed by atoms with E-state index in [0.29, 0.717) is 23.1 Å². The van der Waals surface area contributed by atoms with Crippen molar-refractivity contribution in [1.82, 2.24) is 4.90 Å². The molecule has 1 aliphatic heterocycles. The van der Waals surface area contributed by atoms with Gasteiger partial charge in [-0.25, -0.2) is 0 Å². The lowest BCUT2D eigenvalue weighted by molar-refractivity contribution is 0.0571. The lowest BCUT2D eigenvalue weighted by Crippen LogP contribution is -2.43. The van der Waals surface area contributed by atoms with Crippen molar-refractivity contribution in [2.45, 2.75) is 25.3 Å². The molecule has 0 aromatic heterocycles. The van der Waals surface area contributed by atoms with Gasteiger partial charge >= 0.3 is 0 Å². The second kappa shape index (κ2) is 5.06. The fraction of sp³-hybridized carbons (Fsp3) is 0.211. The van der Waals surface area contributed by atoms with Crippen LogP contribution in [0.4, 0.5) is 0 Å². The van der Waals surface area contributed by atoms with E-state index in [1.807, 2.05) is 12.1 Å². The Morgan fingerprint density at radius 3 is 2.35 bits per heavy atom. The molecule has 1 unspecified atom stereocenters. The van der Waals surface area contributed by atoms with Gasteiger partial charge in [-0.15, -0.1) is 0 Å². The molecule has 4 heteroatoms. The van der Waals surface area contributed by atoms with Gasteiger partial charge in [0.25, 0.3) is 11.8 Å². The predicted molar refractivity (Wildman–Crippen MR) is 83.9 cm³/mol. The fourth-order valence-corrected chi connectivity index (χ4v) is 3.63. The van der Waals surface area contributed by atoms with E-state index in [0.717, 1.165) is 24.0 Å². The molecule has 1 aliphatic carbocycles. The summed E-state index contributed by atoms with van der Waals surface area (Å²) in [6.45, 7) is 0. The zero-order valence-electron chi connectivity index (χ0n) is 12.5. The number of aryl methyl sites for hydroxylation is 1. The van der Waals surface area contributed by atoms with E-state index >= 15 is 0 Å². The molecule has 0 spiro atoms. The number of nitriles is 1. The first-order valence-corrected chi connectivity index (χ1v) is 7.68. The maximum atomic E-state index is 12.6. The molecular formula is C19H14N2O2. The number of amides is 2. The zero-order chi connectivity index (χ0) is 16.0. The smallest absolute Gasteiger partial charge is 0.261 e. The molecule has 2 aromatic rings. The second-order valence-electron chi connectivity index (χ2n) is 5.98. The van der Waals surface area contributed by atoms with Crippen molar-refractivity contribution < 1.29 is 9.59 Å². The standard InChI is InChI=1S/C19H14N2O2/c20-11-13-5-3-4-12-8-9-14(10-17(12)13)21-18(22)15-6-1-2-7-16(15)19(21)23/h1-7,14H,8-10H2. The van der Waals surface area contributed by atoms with Crippen LogP contribution in [-0.4, -0.2) is 22.8 Å². The maximum absolute atomic E-state index is 12.6. The molecule has 2 amide bonds. The average Bonchev–Trinajstić information content (AvgIpc) is 2.85. The van der Waals surface area contributed by atoms with E-state index in [9.17, 15) is 14.9 Å². The summed E-state index contributed by atoms with van der Waals surface area (Å²) in [6.07, 6.45) is 2.08. The van der Waals surface area contributed by atoms with Crippen LogP contribution in [0.2, 0.25) is 0 Å². The Bertz CT molecular complexity index is 844. The van der Waals surface area contributed by atoms with Crippen molar-refractivity contribution in [2.75, 3.05) is 0 Å². The van der Waals surface area contributed by atoms with Crippen molar-refractivity contribution in [2.24, 2.45) is 0 Å². The van der Waals surface area contributed by atoms with Crippen LogP contribution in [0.3, 0.4) is 0 Å². The Morgan fingerprint density at radius 2 is 1.70 bits per heavy atom. The highest BCUT2D eigenvalue weighted by Crippen LogP contribution is 2.32. The van der Waals surface area contributed by atoms with Gasteiger partial charge in [0.1, 0.15) is 0 Å². The summed E-state index contributed by atoms with van der Waals surface area (Å²) >= 11 is 0. The molecule has 0 N–H and O–H groups in total. The Balaban J connectivity index is 1.70. The maximum Gasteiger partial charge on any atom is 0.261 e. The Morgan fingerprint density at radius 1 is 1.00 bits per heavy atom. The third-order valence-corrected chi connectivity index (χ3v) is 4.77. The third-order valence-electron chi connectivity index (χ3n) is 4.77. The van der Waals surface area contributed by atoms with Crippen LogP contribution in [0, 0.1) is 11.3 Å². The van der Waals surface area contributed by atoms with Crippen LogP contribution in [0.25, 0.3) is 0 Å². The minimum atomic E-state index is -0.214. The summed E-state index contributed by atoms with van der Waals surface area (Å²) < 4.78 is 0. The molecule has 4 rings (SSSR count). The van der Waals surface area contributed by atoms with Crippen LogP contribution in [0.1, 0.15) is 43.8 Å². The quantitative estimate of drug-likeness (QED) is 0.761. The molecule has 23 heavy (non-hydrogen) atoms. The normalized spacial score (nSPS) is 19.3. The molecule has 0 bridgehead atoms. The Kier molecular flexibility index (Phi) is 3.02. The summed E-state index contributed by atoms with van der Waals surface area (Å²) in [4.78, 5) is 26.6. The van der Waals surface area contributed by atoms with E-state index in [-0.39, 0.29) is 17.9 Å². The number of hydrogen-bond acceptors (Lipinski definition) is 3. The van der Waals surface area contributed by atoms with E-state index in [4.69, 9.17) is 0 Å². The Hall–Kier alpha value is -2.93. The largest absolute Gasteiger partial charge is 0.271 e. The van der Waals surface area contributed by atoms with Crippen molar-refractivity contribution in [3.8, 4) is 6.07 Å². The summed E-state index contributed by atoms with van der Waals surface area (Å²) in [5, 5.41) is 9.29. The van der Waals surface area contributed by atoms with Gasteiger partial charge in [0.2, 0.25) is 0 Å². The van der Waals surface area contributed by atoms with Gasteiger partial charge < -0.3 is 0 Å². The minimum absolute atomic E-state index is 0.176. The number of hydrogen-bond donors (Lipinski definition) is 0. The SMILES string of the molecule is N#Cc1cccc2c1CC(N1C(=O)c3ccccc3C1=O)CC2. The van der Waals surface area contributed by atoms with Crippen LogP contribution < -0.4 is 0 Å². The highest BCUT2D eigenvalue weighted by Gasteiger charge is 2.40. The number of nitrogens with zero attached hydrogens (tertiary/aromatic N) is 2. The van der Waals surface area contributed by atoms with Gasteiger partial charge in [0.05, 0.1) is 22.8 Å². The molecule has 0 radical (unpaired) electrons. The molecule has 1 atom stereocenters. The Labute approximate surface area is 134 Å². The van der Waals surface area contributed by atoms with Crippen molar-refractivity contribution in [3.63, 3.8) is 0 Å². The number of benzene rings is 2. The highest BCUT2D eigenvalue weighted by atomic mass is 16.2. The summed E-state index contributed by atoms with van der Waals surface area (Å²) in [5.74, 6) is -0.429. The second-order valence-corrected chi connectivity index (χ2v) is 5.98. The van der Waals surface area contributed by atoms with Gasteiger partial charge in [-0.1, -0.05) is 24.3 Å². The number of fused-ring (bicyclic) bond motifs is 2. The summed E-state index contributed by atoms with van der Waals surface area (Å²) in [7, 11) is 0. The van der Waals surface area contributed by atoms with Crippen molar-refractivity contribution in [1.29, 1.82) is 5.26 Å². The topological polar surface area (TPSA) is 61.2 Å². The lowest BCUT2D eigenvalue weighted by atomic mass is 9.85. The summed E-state index contributed by atoms with van der Waals surface area (Å²) in [5.41, 5.74) is 3.73. The molecule has 0 fully saturated rings. The molecule has 2 aliphatic rings. The van der Waals surface area contributed by atoms with Gasteiger partial charge in [-0.3, -0.25) is 14.5 Å². The van der Waals surface area contributed by atoms with Gasteiger partial charge in [-0.05, 0) is 48.6 Å².